The molecule has 80 valence electrons. The fourth-order valence-corrected chi connectivity index (χ4v) is 2.35. The summed E-state index contributed by atoms with van der Waals surface area (Å²) in [7, 11) is -0.690. The van der Waals surface area contributed by atoms with Crippen LogP contribution in [-0.2, 0) is 10.8 Å². The van der Waals surface area contributed by atoms with Gasteiger partial charge in [-0.15, -0.1) is 0 Å². The van der Waals surface area contributed by atoms with E-state index in [1.165, 1.54) is 0 Å². The molecule has 0 spiro atoms. The Hall–Kier alpha value is 0.110. The Kier molecular flexibility index (Phi) is 6.60. The Bertz CT molecular complexity index is 159. The first-order valence-electron chi connectivity index (χ1n) is 5.03. The van der Waals surface area contributed by atoms with E-state index in [1.807, 2.05) is 0 Å². The molecular weight excluding hydrogens is 182 g/mol. The zero-order valence-electron chi connectivity index (χ0n) is 9.46. The maximum absolute atomic E-state index is 11.0. The van der Waals surface area contributed by atoms with E-state index in [-0.39, 0.29) is 0 Å². The third-order valence-electron chi connectivity index (χ3n) is 2.23. The molecule has 0 aromatic heterocycles. The molecular formula is C10H23NOS. The first-order valence-corrected chi connectivity index (χ1v) is 6.76. The van der Waals surface area contributed by atoms with Crippen molar-refractivity contribution in [3.05, 3.63) is 0 Å². The number of nitrogens with one attached hydrogen (secondary N) is 1. The molecule has 3 heteroatoms. The molecule has 3 atom stereocenters. The summed E-state index contributed by atoms with van der Waals surface area (Å²) in [6.45, 7) is 8.73. The first-order chi connectivity index (χ1) is 5.97. The van der Waals surface area contributed by atoms with Gasteiger partial charge in [-0.3, -0.25) is 4.21 Å². The zero-order valence-corrected chi connectivity index (χ0v) is 10.3. The second-order valence-electron chi connectivity index (χ2n) is 4.07. The molecule has 0 saturated heterocycles. The maximum atomic E-state index is 11.0. The predicted octanol–water partition coefficient (Wildman–Crippen LogP) is 1.78. The van der Waals surface area contributed by atoms with Crippen LogP contribution in [0, 0.1) is 5.92 Å². The third-order valence-corrected chi connectivity index (χ3v) is 3.20. The zero-order chi connectivity index (χ0) is 10.4. The molecule has 0 aliphatic heterocycles. The molecule has 0 rings (SSSR count). The Labute approximate surface area is 84.9 Å². The van der Waals surface area contributed by atoms with Gasteiger partial charge in [-0.05, 0) is 19.3 Å². The van der Waals surface area contributed by atoms with Gasteiger partial charge < -0.3 is 5.32 Å². The minimum absolute atomic E-state index is 0.359. The first kappa shape index (κ1) is 13.1. The van der Waals surface area contributed by atoms with Gasteiger partial charge in [0.2, 0.25) is 0 Å². The topological polar surface area (TPSA) is 29.1 Å². The summed E-state index contributed by atoms with van der Waals surface area (Å²) in [6, 6.07) is 0.914. The van der Waals surface area contributed by atoms with Gasteiger partial charge in [0.05, 0.1) is 0 Å². The summed E-state index contributed by atoms with van der Waals surface area (Å²) < 4.78 is 11.0. The molecule has 0 bridgehead atoms. The fourth-order valence-electron chi connectivity index (χ4n) is 1.55. The highest BCUT2D eigenvalue weighted by Gasteiger charge is 2.14. The van der Waals surface area contributed by atoms with E-state index in [1.54, 1.807) is 6.26 Å². The minimum Gasteiger partial charge on any atom is -0.310 e. The summed E-state index contributed by atoms with van der Waals surface area (Å²) in [6.07, 6.45) is 2.90. The average Bonchev–Trinajstić information content (AvgIpc) is 1.98. The van der Waals surface area contributed by atoms with Crippen LogP contribution in [0.1, 0.15) is 34.1 Å². The van der Waals surface area contributed by atoms with Gasteiger partial charge in [0, 0.05) is 34.9 Å². The molecule has 0 aromatic carbocycles. The molecule has 0 aliphatic rings. The highest BCUT2D eigenvalue weighted by atomic mass is 32.2. The summed E-state index contributed by atoms with van der Waals surface area (Å²) in [4.78, 5) is 0. The van der Waals surface area contributed by atoms with E-state index in [9.17, 15) is 4.21 Å². The Morgan fingerprint density at radius 2 is 1.85 bits per heavy atom. The number of rotatable bonds is 6. The van der Waals surface area contributed by atoms with E-state index in [4.69, 9.17) is 0 Å². The van der Waals surface area contributed by atoms with Crippen LogP contribution in [0.15, 0.2) is 0 Å². The van der Waals surface area contributed by atoms with Crippen molar-refractivity contribution >= 4 is 10.8 Å². The van der Waals surface area contributed by atoms with Crippen LogP contribution in [0.5, 0.6) is 0 Å². The normalized spacial score (nSPS) is 18.6. The smallest absolute Gasteiger partial charge is 0.0383 e. The maximum Gasteiger partial charge on any atom is 0.0383 e. The van der Waals surface area contributed by atoms with E-state index in [0.717, 1.165) is 12.2 Å². The van der Waals surface area contributed by atoms with Crippen LogP contribution in [0.25, 0.3) is 0 Å². The second-order valence-corrected chi connectivity index (χ2v) is 5.55. The van der Waals surface area contributed by atoms with Crippen molar-refractivity contribution in [3.63, 3.8) is 0 Å². The fraction of sp³-hybridized carbons (Fsp3) is 1.00. The molecule has 3 unspecified atom stereocenters. The summed E-state index contributed by atoms with van der Waals surface area (Å²) in [5.41, 5.74) is 0. The van der Waals surface area contributed by atoms with Crippen molar-refractivity contribution in [3.8, 4) is 0 Å². The van der Waals surface area contributed by atoms with Gasteiger partial charge in [-0.25, -0.2) is 0 Å². The molecule has 0 saturated carbocycles. The van der Waals surface area contributed by atoms with Gasteiger partial charge in [0.1, 0.15) is 0 Å². The highest BCUT2D eigenvalue weighted by Crippen LogP contribution is 2.06. The monoisotopic (exact) mass is 205 g/mol. The van der Waals surface area contributed by atoms with E-state index < -0.39 is 10.8 Å². The van der Waals surface area contributed by atoms with Crippen LogP contribution in [0.3, 0.4) is 0 Å². The van der Waals surface area contributed by atoms with Crippen LogP contribution >= 0.6 is 0 Å². The van der Waals surface area contributed by atoms with Gasteiger partial charge in [0.15, 0.2) is 0 Å². The van der Waals surface area contributed by atoms with Crippen molar-refractivity contribution in [1.29, 1.82) is 0 Å². The molecule has 0 fully saturated rings. The molecule has 13 heavy (non-hydrogen) atoms. The highest BCUT2D eigenvalue weighted by molar-refractivity contribution is 7.84. The average molecular weight is 205 g/mol. The predicted molar refractivity (Wildman–Crippen MR) is 60.4 cm³/mol. The SMILES string of the molecule is CCC(NC(C)CS(C)=O)C(C)C. The van der Waals surface area contributed by atoms with Gasteiger partial charge in [0.25, 0.3) is 0 Å². The van der Waals surface area contributed by atoms with Crippen LogP contribution in [-0.4, -0.2) is 28.3 Å². The second kappa shape index (κ2) is 6.55. The summed E-state index contributed by atoms with van der Waals surface area (Å²) in [5, 5.41) is 3.50. The van der Waals surface area contributed by atoms with Gasteiger partial charge in [-0.2, -0.15) is 0 Å². The summed E-state index contributed by atoms with van der Waals surface area (Å²) >= 11 is 0. The molecule has 0 aromatic rings. The Morgan fingerprint density at radius 3 is 2.15 bits per heavy atom. The summed E-state index contributed by atoms with van der Waals surface area (Å²) in [5.74, 6) is 1.40. The van der Waals surface area contributed by atoms with E-state index in [2.05, 4.69) is 33.0 Å². The van der Waals surface area contributed by atoms with E-state index in [0.29, 0.717) is 18.0 Å². The molecule has 1 N–H and O–H groups in total. The molecule has 0 amide bonds. The standard InChI is InChI=1S/C10H23NOS/c1-6-10(8(2)3)11-9(4)7-13(5)12/h8-11H,6-7H2,1-5H3. The van der Waals surface area contributed by atoms with Crippen molar-refractivity contribution in [2.24, 2.45) is 5.92 Å². The lowest BCUT2D eigenvalue weighted by Gasteiger charge is -2.24. The van der Waals surface area contributed by atoms with Crippen molar-refractivity contribution in [1.82, 2.24) is 5.32 Å². The van der Waals surface area contributed by atoms with Crippen molar-refractivity contribution < 1.29 is 4.21 Å². The lowest BCUT2D eigenvalue weighted by atomic mass is 10.0. The molecule has 0 heterocycles. The van der Waals surface area contributed by atoms with E-state index >= 15 is 0 Å². The Morgan fingerprint density at radius 1 is 1.31 bits per heavy atom. The molecule has 0 radical (unpaired) electrons. The third kappa shape index (κ3) is 6.22. The number of hydrogen-bond acceptors (Lipinski definition) is 2. The minimum atomic E-state index is -0.690. The van der Waals surface area contributed by atoms with Gasteiger partial charge in [-0.1, -0.05) is 20.8 Å². The van der Waals surface area contributed by atoms with Crippen LogP contribution in [0.2, 0.25) is 0 Å². The molecule has 0 aliphatic carbocycles. The lowest BCUT2D eigenvalue weighted by molar-refractivity contribution is 0.363. The lowest BCUT2D eigenvalue weighted by Crippen LogP contribution is -2.41. The van der Waals surface area contributed by atoms with Crippen molar-refractivity contribution in [2.75, 3.05) is 12.0 Å². The van der Waals surface area contributed by atoms with Crippen LogP contribution in [0.4, 0.5) is 0 Å². The van der Waals surface area contributed by atoms with Gasteiger partial charge >= 0.3 is 0 Å². The largest absolute Gasteiger partial charge is 0.310 e. The quantitative estimate of drug-likeness (QED) is 0.716. The number of hydrogen-bond donors (Lipinski definition) is 1. The van der Waals surface area contributed by atoms with Crippen molar-refractivity contribution in [2.45, 2.75) is 46.2 Å². The van der Waals surface area contributed by atoms with Crippen LogP contribution < -0.4 is 5.32 Å². The Balaban J connectivity index is 3.86. The molecule has 2 nitrogen and oxygen atoms in total.